The van der Waals surface area contributed by atoms with Gasteiger partial charge in [0, 0.05) is 30.4 Å². The molecule has 2 aromatic carbocycles. The maximum atomic E-state index is 12.1. The number of nitrogens with one attached hydrogen (secondary N) is 1. The lowest BCUT2D eigenvalue weighted by atomic mass is 10.1. The van der Waals surface area contributed by atoms with E-state index in [-0.39, 0.29) is 5.91 Å². The minimum atomic E-state index is 0.0426. The number of anilines is 1. The number of amides is 1. The summed E-state index contributed by atoms with van der Waals surface area (Å²) in [6, 6.07) is 16.3. The molecule has 0 aliphatic rings. The van der Waals surface area contributed by atoms with Gasteiger partial charge in [-0.2, -0.15) is 0 Å². The van der Waals surface area contributed by atoms with Crippen molar-refractivity contribution in [3.63, 3.8) is 0 Å². The van der Waals surface area contributed by atoms with Crippen molar-refractivity contribution in [3.05, 3.63) is 65.9 Å². The molecule has 3 heteroatoms. The molecular formula is C19H20N2O. The van der Waals surface area contributed by atoms with E-state index in [2.05, 4.69) is 41.9 Å². The third-order valence-electron chi connectivity index (χ3n) is 4.05. The first-order valence-corrected chi connectivity index (χ1v) is 7.54. The van der Waals surface area contributed by atoms with Crippen molar-refractivity contribution in [2.75, 3.05) is 5.32 Å². The molecule has 0 saturated carbocycles. The van der Waals surface area contributed by atoms with Crippen LogP contribution in [-0.2, 0) is 11.3 Å². The van der Waals surface area contributed by atoms with Gasteiger partial charge >= 0.3 is 0 Å². The summed E-state index contributed by atoms with van der Waals surface area (Å²) in [6.45, 7) is 4.80. The van der Waals surface area contributed by atoms with E-state index in [4.69, 9.17) is 0 Å². The van der Waals surface area contributed by atoms with Gasteiger partial charge in [-0.05, 0) is 54.6 Å². The molecule has 0 unspecified atom stereocenters. The van der Waals surface area contributed by atoms with Crippen molar-refractivity contribution >= 4 is 22.5 Å². The average Bonchev–Trinajstić information content (AvgIpc) is 2.92. The van der Waals surface area contributed by atoms with E-state index in [1.807, 2.05) is 36.5 Å². The zero-order chi connectivity index (χ0) is 15.5. The van der Waals surface area contributed by atoms with Crippen molar-refractivity contribution < 1.29 is 4.79 Å². The van der Waals surface area contributed by atoms with Gasteiger partial charge in [-0.3, -0.25) is 4.79 Å². The van der Waals surface area contributed by atoms with Crippen LogP contribution < -0.4 is 5.32 Å². The first kappa shape index (κ1) is 14.4. The number of aromatic nitrogens is 1. The Morgan fingerprint density at radius 2 is 1.86 bits per heavy atom. The third kappa shape index (κ3) is 3.03. The van der Waals surface area contributed by atoms with Crippen molar-refractivity contribution in [1.29, 1.82) is 0 Å². The van der Waals surface area contributed by atoms with Gasteiger partial charge in [0.05, 0.1) is 0 Å². The van der Waals surface area contributed by atoms with Gasteiger partial charge in [0.2, 0.25) is 5.91 Å². The number of nitrogens with zero attached hydrogens (tertiary/aromatic N) is 1. The highest BCUT2D eigenvalue weighted by Gasteiger charge is 2.05. The number of carbonyl (C=O) groups excluding carboxylic acids is 1. The summed E-state index contributed by atoms with van der Waals surface area (Å²) in [5, 5.41) is 4.17. The Balaban J connectivity index is 1.63. The molecule has 112 valence electrons. The van der Waals surface area contributed by atoms with E-state index in [1.54, 1.807) is 0 Å². The fraction of sp³-hybridized carbons (Fsp3) is 0.211. The van der Waals surface area contributed by atoms with Crippen LogP contribution in [0.15, 0.2) is 54.7 Å². The molecule has 0 saturated heterocycles. The van der Waals surface area contributed by atoms with Crippen LogP contribution in [0.5, 0.6) is 0 Å². The maximum absolute atomic E-state index is 12.1. The van der Waals surface area contributed by atoms with Gasteiger partial charge < -0.3 is 9.88 Å². The van der Waals surface area contributed by atoms with Crippen LogP contribution in [0.1, 0.15) is 17.5 Å². The molecule has 0 aliphatic heterocycles. The Morgan fingerprint density at radius 3 is 2.68 bits per heavy atom. The van der Waals surface area contributed by atoms with Crippen molar-refractivity contribution in [2.24, 2.45) is 0 Å². The van der Waals surface area contributed by atoms with Crippen LogP contribution in [0.3, 0.4) is 0 Å². The Morgan fingerprint density at radius 1 is 1.05 bits per heavy atom. The predicted molar refractivity (Wildman–Crippen MR) is 91.1 cm³/mol. The molecule has 0 fully saturated rings. The first-order valence-electron chi connectivity index (χ1n) is 7.54. The number of para-hydroxylation sites is 1. The quantitative estimate of drug-likeness (QED) is 0.765. The molecule has 1 aromatic heterocycles. The van der Waals surface area contributed by atoms with E-state index in [1.165, 1.54) is 22.0 Å². The van der Waals surface area contributed by atoms with Crippen LogP contribution in [0.2, 0.25) is 0 Å². The zero-order valence-electron chi connectivity index (χ0n) is 13.0. The lowest BCUT2D eigenvalue weighted by Crippen LogP contribution is -2.14. The standard InChI is InChI=1S/C19H20N2O/c1-14-7-8-17(13-15(14)2)20-19(22)10-12-21-11-9-16-5-3-4-6-18(16)21/h3-9,11,13H,10,12H2,1-2H3,(H,20,22). The van der Waals surface area contributed by atoms with Gasteiger partial charge in [-0.1, -0.05) is 24.3 Å². The number of hydrogen-bond donors (Lipinski definition) is 1. The van der Waals surface area contributed by atoms with Gasteiger partial charge in [0.25, 0.3) is 0 Å². The van der Waals surface area contributed by atoms with Gasteiger partial charge in [0.15, 0.2) is 0 Å². The minimum Gasteiger partial charge on any atom is -0.347 e. The fourth-order valence-corrected chi connectivity index (χ4v) is 2.60. The molecular weight excluding hydrogens is 272 g/mol. The van der Waals surface area contributed by atoms with Crippen LogP contribution in [-0.4, -0.2) is 10.5 Å². The summed E-state index contributed by atoms with van der Waals surface area (Å²) < 4.78 is 2.12. The highest BCUT2D eigenvalue weighted by atomic mass is 16.1. The molecule has 3 rings (SSSR count). The lowest BCUT2D eigenvalue weighted by Gasteiger charge is -2.09. The molecule has 0 spiro atoms. The van der Waals surface area contributed by atoms with E-state index >= 15 is 0 Å². The Bertz CT molecular complexity index is 817. The summed E-state index contributed by atoms with van der Waals surface area (Å²) in [5.74, 6) is 0.0426. The summed E-state index contributed by atoms with van der Waals surface area (Å²) in [7, 11) is 0. The first-order chi connectivity index (χ1) is 10.6. The smallest absolute Gasteiger partial charge is 0.226 e. The maximum Gasteiger partial charge on any atom is 0.226 e. The van der Waals surface area contributed by atoms with E-state index in [0.717, 1.165) is 5.69 Å². The monoisotopic (exact) mass is 292 g/mol. The van der Waals surface area contributed by atoms with Crippen molar-refractivity contribution in [2.45, 2.75) is 26.8 Å². The van der Waals surface area contributed by atoms with Crippen LogP contribution >= 0.6 is 0 Å². The Kier molecular flexibility index (Phi) is 3.96. The highest BCUT2D eigenvalue weighted by Crippen LogP contribution is 2.17. The molecule has 3 nitrogen and oxygen atoms in total. The normalized spacial score (nSPS) is 10.8. The molecule has 0 radical (unpaired) electrons. The summed E-state index contributed by atoms with van der Waals surface area (Å²) in [5.41, 5.74) is 4.46. The Labute approximate surface area is 130 Å². The Hall–Kier alpha value is -2.55. The number of benzene rings is 2. The third-order valence-corrected chi connectivity index (χ3v) is 4.05. The summed E-state index contributed by atoms with van der Waals surface area (Å²) >= 11 is 0. The molecule has 3 aromatic rings. The molecule has 0 aliphatic carbocycles. The van der Waals surface area contributed by atoms with Crippen LogP contribution in [0.25, 0.3) is 10.9 Å². The molecule has 22 heavy (non-hydrogen) atoms. The summed E-state index contributed by atoms with van der Waals surface area (Å²) in [6.07, 6.45) is 2.50. The second-order valence-electron chi connectivity index (χ2n) is 5.67. The van der Waals surface area contributed by atoms with E-state index in [0.29, 0.717) is 13.0 Å². The van der Waals surface area contributed by atoms with Gasteiger partial charge in [-0.25, -0.2) is 0 Å². The molecule has 1 heterocycles. The average molecular weight is 292 g/mol. The second kappa shape index (κ2) is 6.06. The van der Waals surface area contributed by atoms with Crippen LogP contribution in [0, 0.1) is 13.8 Å². The van der Waals surface area contributed by atoms with Crippen molar-refractivity contribution in [3.8, 4) is 0 Å². The van der Waals surface area contributed by atoms with E-state index < -0.39 is 0 Å². The minimum absolute atomic E-state index is 0.0426. The zero-order valence-corrected chi connectivity index (χ0v) is 13.0. The topological polar surface area (TPSA) is 34.0 Å². The number of rotatable bonds is 4. The molecule has 1 N–H and O–H groups in total. The number of fused-ring (bicyclic) bond motifs is 1. The largest absolute Gasteiger partial charge is 0.347 e. The second-order valence-corrected chi connectivity index (χ2v) is 5.67. The molecule has 0 atom stereocenters. The lowest BCUT2D eigenvalue weighted by molar-refractivity contribution is -0.116. The number of aryl methyl sites for hydroxylation is 3. The van der Waals surface area contributed by atoms with Crippen molar-refractivity contribution in [1.82, 2.24) is 4.57 Å². The summed E-state index contributed by atoms with van der Waals surface area (Å²) in [4.78, 5) is 12.1. The van der Waals surface area contributed by atoms with Crippen LogP contribution in [0.4, 0.5) is 5.69 Å². The van der Waals surface area contributed by atoms with Gasteiger partial charge in [0.1, 0.15) is 0 Å². The molecule has 1 amide bonds. The SMILES string of the molecule is Cc1ccc(NC(=O)CCn2ccc3ccccc32)cc1C. The molecule has 0 bridgehead atoms. The number of carbonyl (C=O) groups is 1. The number of hydrogen-bond acceptors (Lipinski definition) is 1. The highest BCUT2D eigenvalue weighted by molar-refractivity contribution is 5.91. The fourth-order valence-electron chi connectivity index (χ4n) is 2.60. The predicted octanol–water partition coefficient (Wildman–Crippen LogP) is 4.29. The van der Waals surface area contributed by atoms with E-state index in [9.17, 15) is 4.79 Å². The van der Waals surface area contributed by atoms with Gasteiger partial charge in [-0.15, -0.1) is 0 Å².